The van der Waals surface area contributed by atoms with Crippen LogP contribution in [0.15, 0.2) is 30.0 Å². The topological polar surface area (TPSA) is 62.5 Å². The van der Waals surface area contributed by atoms with Crippen molar-refractivity contribution < 1.29 is 27.9 Å². The first-order chi connectivity index (χ1) is 9.79. The maximum Gasteiger partial charge on any atom is 0.412 e. The average Bonchev–Trinajstić information content (AvgIpc) is 2.84. The normalized spacial score (nSPS) is 15.8. The highest BCUT2D eigenvalue weighted by atomic mass is 19.4. The summed E-state index contributed by atoms with van der Waals surface area (Å²) in [5.41, 5.74) is -0.478. The fourth-order valence-corrected chi connectivity index (χ4v) is 2.16. The van der Waals surface area contributed by atoms with Crippen LogP contribution in [0, 0.1) is 0 Å². The standard InChI is InChI=1S/C13H13F3N2O3/c14-13(15,16)9-3-6-17(7-4-9)12(21)10-2-1-5-18(10)8-11(19)20/h1-3,5H,4,6-8H2,(H,19,20). The Morgan fingerprint density at radius 2 is 2.05 bits per heavy atom. The second-order valence-corrected chi connectivity index (χ2v) is 4.64. The average molecular weight is 302 g/mol. The first-order valence-electron chi connectivity index (χ1n) is 6.21. The quantitative estimate of drug-likeness (QED) is 0.868. The molecule has 0 fully saturated rings. The molecular weight excluding hydrogens is 289 g/mol. The molecule has 1 aliphatic heterocycles. The van der Waals surface area contributed by atoms with Crippen molar-refractivity contribution in [2.75, 3.05) is 13.1 Å². The van der Waals surface area contributed by atoms with Crippen molar-refractivity contribution in [2.24, 2.45) is 0 Å². The Morgan fingerprint density at radius 3 is 2.57 bits per heavy atom. The molecule has 0 saturated carbocycles. The Kier molecular flexibility index (Phi) is 4.06. The van der Waals surface area contributed by atoms with Crippen molar-refractivity contribution in [3.8, 4) is 0 Å². The smallest absolute Gasteiger partial charge is 0.412 e. The fourth-order valence-electron chi connectivity index (χ4n) is 2.16. The van der Waals surface area contributed by atoms with Gasteiger partial charge in [-0.25, -0.2) is 0 Å². The van der Waals surface area contributed by atoms with E-state index in [1.165, 1.54) is 27.8 Å². The van der Waals surface area contributed by atoms with Gasteiger partial charge in [-0.05, 0) is 18.6 Å². The highest BCUT2D eigenvalue weighted by Gasteiger charge is 2.35. The zero-order valence-electron chi connectivity index (χ0n) is 10.9. The lowest BCUT2D eigenvalue weighted by atomic mass is 10.1. The van der Waals surface area contributed by atoms with E-state index in [9.17, 15) is 22.8 Å². The minimum absolute atomic E-state index is 0.0393. The van der Waals surface area contributed by atoms with E-state index in [-0.39, 0.29) is 31.7 Å². The first-order valence-corrected chi connectivity index (χ1v) is 6.21. The summed E-state index contributed by atoms with van der Waals surface area (Å²) in [6, 6.07) is 2.98. The van der Waals surface area contributed by atoms with Crippen LogP contribution in [-0.4, -0.2) is 45.7 Å². The number of carboxylic acid groups (broad SMARTS) is 1. The van der Waals surface area contributed by atoms with E-state index in [1.807, 2.05) is 0 Å². The highest BCUT2D eigenvalue weighted by Crippen LogP contribution is 2.30. The molecule has 0 radical (unpaired) electrons. The molecule has 0 bridgehead atoms. The number of aliphatic carboxylic acids is 1. The third-order valence-corrected chi connectivity index (χ3v) is 3.21. The Hall–Kier alpha value is -2.25. The van der Waals surface area contributed by atoms with Gasteiger partial charge >= 0.3 is 12.1 Å². The van der Waals surface area contributed by atoms with Gasteiger partial charge in [-0.1, -0.05) is 6.08 Å². The van der Waals surface area contributed by atoms with Crippen LogP contribution in [-0.2, 0) is 11.3 Å². The van der Waals surface area contributed by atoms with Crippen molar-refractivity contribution in [1.82, 2.24) is 9.47 Å². The van der Waals surface area contributed by atoms with Gasteiger partial charge in [0.25, 0.3) is 5.91 Å². The van der Waals surface area contributed by atoms with Gasteiger partial charge < -0.3 is 14.6 Å². The first kappa shape index (κ1) is 15.1. The molecule has 1 aromatic heterocycles. The third kappa shape index (κ3) is 3.45. The van der Waals surface area contributed by atoms with E-state index in [4.69, 9.17) is 5.11 Å². The lowest BCUT2D eigenvalue weighted by Crippen LogP contribution is -2.37. The number of alkyl halides is 3. The summed E-state index contributed by atoms with van der Waals surface area (Å²) < 4.78 is 38.8. The Labute approximate surface area is 118 Å². The molecule has 0 unspecified atom stereocenters. The number of aromatic nitrogens is 1. The predicted molar refractivity (Wildman–Crippen MR) is 66.7 cm³/mol. The van der Waals surface area contributed by atoms with Crippen LogP contribution in [0.1, 0.15) is 16.9 Å². The number of nitrogens with zero attached hydrogens (tertiary/aromatic N) is 2. The zero-order valence-corrected chi connectivity index (χ0v) is 10.9. The summed E-state index contributed by atoms with van der Waals surface area (Å²) in [5, 5.41) is 8.75. The van der Waals surface area contributed by atoms with E-state index in [2.05, 4.69) is 0 Å². The Morgan fingerprint density at radius 1 is 1.33 bits per heavy atom. The van der Waals surface area contributed by atoms with Gasteiger partial charge in [0.05, 0.1) is 0 Å². The number of amides is 1. The predicted octanol–water partition coefficient (Wildman–Crippen LogP) is 1.91. The largest absolute Gasteiger partial charge is 0.480 e. The molecule has 0 spiro atoms. The fraction of sp³-hybridized carbons (Fsp3) is 0.385. The van der Waals surface area contributed by atoms with Crippen molar-refractivity contribution in [3.05, 3.63) is 35.7 Å². The summed E-state index contributed by atoms with van der Waals surface area (Å²) in [5.74, 6) is -1.57. The number of rotatable bonds is 3. The molecule has 0 atom stereocenters. The molecule has 0 aliphatic carbocycles. The van der Waals surface area contributed by atoms with Gasteiger partial charge in [-0.3, -0.25) is 9.59 Å². The van der Waals surface area contributed by atoms with Gasteiger partial charge in [0, 0.05) is 24.9 Å². The van der Waals surface area contributed by atoms with Crippen molar-refractivity contribution >= 4 is 11.9 Å². The number of hydrogen-bond acceptors (Lipinski definition) is 2. The molecule has 0 aromatic carbocycles. The number of carbonyl (C=O) groups excluding carboxylic acids is 1. The third-order valence-electron chi connectivity index (χ3n) is 3.21. The number of carbonyl (C=O) groups is 2. The minimum atomic E-state index is -4.36. The van der Waals surface area contributed by atoms with E-state index in [0.29, 0.717) is 0 Å². The molecule has 114 valence electrons. The van der Waals surface area contributed by atoms with E-state index in [0.717, 1.165) is 6.08 Å². The van der Waals surface area contributed by atoms with Crippen LogP contribution >= 0.6 is 0 Å². The number of halogens is 3. The molecule has 1 N–H and O–H groups in total. The number of hydrogen-bond donors (Lipinski definition) is 1. The van der Waals surface area contributed by atoms with Crippen molar-refractivity contribution in [2.45, 2.75) is 19.1 Å². The summed E-state index contributed by atoms with van der Waals surface area (Å²) in [7, 11) is 0. The molecule has 1 aromatic rings. The van der Waals surface area contributed by atoms with Crippen molar-refractivity contribution in [1.29, 1.82) is 0 Å². The lowest BCUT2D eigenvalue weighted by Gasteiger charge is -2.27. The van der Waals surface area contributed by atoms with Crippen LogP contribution in [0.25, 0.3) is 0 Å². The summed E-state index contributed by atoms with van der Waals surface area (Å²) in [6.45, 7) is -0.542. The zero-order chi connectivity index (χ0) is 15.6. The van der Waals surface area contributed by atoms with Crippen molar-refractivity contribution in [3.63, 3.8) is 0 Å². The maximum absolute atomic E-state index is 12.5. The molecule has 1 amide bonds. The lowest BCUT2D eigenvalue weighted by molar-refractivity contribution is -0.137. The molecule has 8 heteroatoms. The Bertz CT molecular complexity index is 590. The second-order valence-electron chi connectivity index (χ2n) is 4.64. The van der Waals surface area contributed by atoms with E-state index < -0.39 is 23.6 Å². The van der Waals surface area contributed by atoms with Crippen LogP contribution in [0.4, 0.5) is 13.2 Å². The molecule has 0 saturated heterocycles. The SMILES string of the molecule is O=C(O)Cn1cccc1C(=O)N1CC=C(C(F)(F)F)CC1. The van der Waals surface area contributed by atoms with Gasteiger partial charge in [0.15, 0.2) is 0 Å². The van der Waals surface area contributed by atoms with Crippen LogP contribution < -0.4 is 0 Å². The van der Waals surface area contributed by atoms with E-state index in [1.54, 1.807) is 0 Å². The summed E-state index contributed by atoms with van der Waals surface area (Å²) in [4.78, 5) is 24.2. The van der Waals surface area contributed by atoms with Crippen LogP contribution in [0.2, 0.25) is 0 Å². The molecular formula is C13H13F3N2O3. The van der Waals surface area contributed by atoms with Gasteiger partial charge in [0.1, 0.15) is 12.2 Å². The van der Waals surface area contributed by atoms with Crippen LogP contribution in [0.5, 0.6) is 0 Å². The summed E-state index contributed by atoms with van der Waals surface area (Å²) in [6.07, 6.45) is -2.18. The molecule has 1 aliphatic rings. The molecule has 2 rings (SSSR count). The van der Waals surface area contributed by atoms with E-state index >= 15 is 0 Å². The number of carboxylic acids is 1. The molecule has 21 heavy (non-hydrogen) atoms. The van der Waals surface area contributed by atoms with Gasteiger partial charge in [-0.2, -0.15) is 13.2 Å². The highest BCUT2D eigenvalue weighted by molar-refractivity contribution is 5.93. The van der Waals surface area contributed by atoms with Gasteiger partial charge in [0.2, 0.25) is 0 Å². The molecule has 2 heterocycles. The molecule has 5 nitrogen and oxygen atoms in total. The minimum Gasteiger partial charge on any atom is -0.480 e. The second kappa shape index (κ2) is 5.63. The van der Waals surface area contributed by atoms with Crippen LogP contribution in [0.3, 0.4) is 0 Å². The van der Waals surface area contributed by atoms with Gasteiger partial charge in [-0.15, -0.1) is 0 Å². The monoisotopic (exact) mass is 302 g/mol. The maximum atomic E-state index is 12.5. The Balaban J connectivity index is 2.11. The summed E-state index contributed by atoms with van der Waals surface area (Å²) >= 11 is 0.